The number of aliphatic hydroxyl groups excluding tert-OH is 1. The Morgan fingerprint density at radius 3 is 1.68 bits per heavy atom. The third-order valence-electron chi connectivity index (χ3n) is 10.7. The van der Waals surface area contributed by atoms with Gasteiger partial charge in [-0.15, -0.1) is 0 Å². The molecule has 0 spiro atoms. The van der Waals surface area contributed by atoms with Crippen molar-refractivity contribution in [3.05, 3.63) is 29.3 Å². The van der Waals surface area contributed by atoms with Crippen LogP contribution in [0.1, 0.15) is 93.4 Å². The fraction of sp³-hybridized carbons (Fsp3) is 0.591. The van der Waals surface area contributed by atoms with E-state index < -0.39 is 156 Å². The van der Waals surface area contributed by atoms with E-state index in [2.05, 4.69) is 37.3 Å². The van der Waals surface area contributed by atoms with Crippen LogP contribution < -0.4 is 37.3 Å². The first-order valence-electron chi connectivity index (χ1n) is 22.6. The molecule has 0 aromatic heterocycles. The molecule has 11 N–H and O–H groups in total. The van der Waals surface area contributed by atoms with Crippen molar-refractivity contribution < 1.29 is 78.0 Å². The van der Waals surface area contributed by atoms with Gasteiger partial charge >= 0.3 is 23.1 Å². The summed E-state index contributed by atoms with van der Waals surface area (Å²) in [6.07, 6.45) is -4.08. The molecule has 71 heavy (non-hydrogen) atoms. The Morgan fingerprint density at radius 2 is 1.18 bits per heavy atom. The predicted octanol–water partition coefficient (Wildman–Crippen LogP) is -0.278. The SMILES string of the molecule is CCCN(NC(=O)[C@@H]1CCCN1C(=O)[C@@H](NC(=O)[C@@H](NC(=O)[C@H](CC(=O)O)NC(=O)[C@H](CCC(=O)O)NC(=O)[C@@H](NC(=O)[C@H](CC(=O)O)NC(C)=O)[C@@H](C)O)C(C)C)C(C)C)C(=O)Sc1ccc(Cl)cc1. The number of nitrogens with one attached hydrogen (secondary N) is 7. The van der Waals surface area contributed by atoms with Crippen LogP contribution in [0.4, 0.5) is 4.79 Å². The van der Waals surface area contributed by atoms with Gasteiger partial charge in [0.25, 0.3) is 5.91 Å². The Labute approximate surface area is 418 Å². The number of hydrogen-bond acceptors (Lipinski definition) is 14. The third-order valence-corrected chi connectivity index (χ3v) is 11.8. The summed E-state index contributed by atoms with van der Waals surface area (Å²) in [6, 6.07) is -4.73. The number of nitrogens with zero attached hydrogens (tertiary/aromatic N) is 2. The Bertz CT molecular complexity index is 2110. The molecule has 0 bridgehead atoms. The minimum Gasteiger partial charge on any atom is -0.481 e. The van der Waals surface area contributed by atoms with E-state index in [1.54, 1.807) is 38.1 Å². The van der Waals surface area contributed by atoms with Gasteiger partial charge in [0.15, 0.2) is 0 Å². The van der Waals surface area contributed by atoms with Crippen molar-refractivity contribution in [2.24, 2.45) is 11.8 Å². The zero-order chi connectivity index (χ0) is 53.9. The molecule has 27 heteroatoms. The fourth-order valence-electron chi connectivity index (χ4n) is 7.05. The van der Waals surface area contributed by atoms with Crippen molar-refractivity contribution >= 4 is 93.8 Å². The van der Waals surface area contributed by atoms with Crippen LogP contribution >= 0.6 is 23.4 Å². The van der Waals surface area contributed by atoms with Crippen LogP contribution in [0.15, 0.2) is 29.2 Å². The molecule has 9 amide bonds. The van der Waals surface area contributed by atoms with Gasteiger partial charge in [-0.2, -0.15) is 0 Å². The van der Waals surface area contributed by atoms with Gasteiger partial charge in [0.1, 0.15) is 42.3 Å². The number of carbonyl (C=O) groups excluding carboxylic acids is 9. The number of carbonyl (C=O) groups is 12. The number of aliphatic carboxylic acids is 3. The number of carboxylic acids is 3. The molecule has 1 aliphatic heterocycles. The average Bonchev–Trinajstić information content (AvgIpc) is 3.77. The first-order chi connectivity index (χ1) is 33.2. The normalized spacial score (nSPS) is 16.2. The number of aliphatic hydroxyl groups is 1. The van der Waals surface area contributed by atoms with E-state index in [-0.39, 0.29) is 19.5 Å². The molecule has 25 nitrogen and oxygen atoms in total. The van der Waals surface area contributed by atoms with Crippen molar-refractivity contribution in [1.29, 1.82) is 0 Å². The molecule has 394 valence electrons. The maximum absolute atomic E-state index is 14.2. The van der Waals surface area contributed by atoms with Crippen molar-refractivity contribution in [2.45, 2.75) is 147 Å². The van der Waals surface area contributed by atoms with Gasteiger partial charge in [-0.3, -0.25) is 63.0 Å². The Hall–Kier alpha value is -6.54. The number of likely N-dealkylation sites (tertiary alicyclic amines) is 1. The van der Waals surface area contributed by atoms with Crippen molar-refractivity contribution in [3.63, 3.8) is 0 Å². The van der Waals surface area contributed by atoms with Gasteiger partial charge in [-0.25, -0.2) is 5.01 Å². The van der Waals surface area contributed by atoms with Gasteiger partial charge < -0.3 is 57.2 Å². The van der Waals surface area contributed by atoms with Crippen LogP contribution in [-0.4, -0.2) is 162 Å². The highest BCUT2D eigenvalue weighted by Crippen LogP contribution is 2.25. The molecule has 2 rings (SSSR count). The van der Waals surface area contributed by atoms with Crippen molar-refractivity contribution in [1.82, 2.24) is 47.2 Å². The quantitative estimate of drug-likeness (QED) is 0.0420. The summed E-state index contributed by atoms with van der Waals surface area (Å²) in [5.74, 6) is -13.9. The molecule has 1 aromatic rings. The van der Waals surface area contributed by atoms with Crippen molar-refractivity contribution in [3.8, 4) is 0 Å². The lowest BCUT2D eigenvalue weighted by atomic mass is 9.98. The summed E-state index contributed by atoms with van der Waals surface area (Å²) >= 11 is 6.83. The molecule has 1 aliphatic rings. The van der Waals surface area contributed by atoms with Crippen LogP contribution in [0.5, 0.6) is 0 Å². The smallest absolute Gasteiger partial charge is 0.305 e. The first kappa shape index (κ1) is 60.6. The molecular formula is C44H64ClN9O16S. The lowest BCUT2D eigenvalue weighted by Crippen LogP contribution is -2.62. The Balaban J connectivity index is 2.30. The van der Waals surface area contributed by atoms with E-state index >= 15 is 0 Å². The number of carboxylic acid groups (broad SMARTS) is 3. The molecule has 1 heterocycles. The van der Waals surface area contributed by atoms with E-state index in [1.165, 1.54) is 18.7 Å². The maximum atomic E-state index is 14.2. The van der Waals surface area contributed by atoms with Gasteiger partial charge in [-0.05, 0) is 80.5 Å². The van der Waals surface area contributed by atoms with E-state index in [1.807, 2.05) is 6.92 Å². The summed E-state index contributed by atoms with van der Waals surface area (Å²) in [7, 11) is 0. The average molecular weight is 1040 g/mol. The highest BCUT2D eigenvalue weighted by molar-refractivity contribution is 8.13. The van der Waals surface area contributed by atoms with Gasteiger partial charge in [0.05, 0.1) is 18.9 Å². The minimum atomic E-state index is -1.98. The number of amides is 9. The monoisotopic (exact) mass is 1040 g/mol. The first-order valence-corrected chi connectivity index (χ1v) is 23.8. The van der Waals surface area contributed by atoms with Gasteiger partial charge in [0.2, 0.25) is 41.4 Å². The summed E-state index contributed by atoms with van der Waals surface area (Å²) in [4.78, 5) is 157. The third kappa shape index (κ3) is 20.0. The van der Waals surface area contributed by atoms with Crippen molar-refractivity contribution in [2.75, 3.05) is 13.1 Å². The van der Waals surface area contributed by atoms with Gasteiger partial charge in [-0.1, -0.05) is 46.2 Å². The van der Waals surface area contributed by atoms with E-state index in [9.17, 15) is 78.0 Å². The number of benzene rings is 1. The zero-order valence-electron chi connectivity index (χ0n) is 40.3. The van der Waals surface area contributed by atoms with Crippen LogP contribution in [0.2, 0.25) is 5.02 Å². The zero-order valence-corrected chi connectivity index (χ0v) is 41.9. The Kier molecular flexibility index (Phi) is 24.7. The number of halogens is 1. The second kappa shape index (κ2) is 29.0. The molecule has 0 aliphatic carbocycles. The summed E-state index contributed by atoms with van der Waals surface area (Å²) in [5.41, 5.74) is 2.63. The number of thioether (sulfide) groups is 1. The molecule has 0 saturated carbocycles. The molecule has 0 radical (unpaired) electrons. The minimum absolute atomic E-state index is 0.131. The lowest BCUT2D eigenvalue weighted by Gasteiger charge is -2.33. The highest BCUT2D eigenvalue weighted by atomic mass is 35.5. The Morgan fingerprint density at radius 1 is 0.690 bits per heavy atom. The van der Waals surface area contributed by atoms with Crippen LogP contribution in [0.25, 0.3) is 0 Å². The summed E-state index contributed by atoms with van der Waals surface area (Å²) in [5, 5.41) is 53.3. The van der Waals surface area contributed by atoms with E-state index in [0.717, 1.165) is 30.6 Å². The predicted molar refractivity (Wildman–Crippen MR) is 253 cm³/mol. The molecule has 1 fully saturated rings. The van der Waals surface area contributed by atoms with Crippen LogP contribution in [-0.2, 0) is 52.7 Å². The molecule has 8 atom stereocenters. The summed E-state index contributed by atoms with van der Waals surface area (Å²) in [6.45, 7) is 10.4. The second-order valence-corrected chi connectivity index (χ2v) is 18.8. The number of hydrogen-bond donors (Lipinski definition) is 11. The molecular weight excluding hydrogens is 978 g/mol. The number of hydrazine groups is 1. The standard InChI is InChI=1S/C44H64ClN9O16S/c1-8-17-54(44(70)71-26-13-11-25(45)12-14-26)52-40(66)30-10-9-18-53(30)43(69)35(22(4)5)50-41(67)34(21(2)3)49-39(65)29(20-33(61)62)48-37(63)27(15-16-31(57)58)47-42(68)36(23(6)55)51-38(64)28(19-32(59)60)46-24(7)56/h11-14,21-23,27-30,34-36,55H,8-10,15-20H2,1-7H3,(H,46,56)(H,47,68)(H,48,63)(H,49,65)(H,50,67)(H,51,64)(H,52,66)(H,57,58)(H,59,60)(H,61,62)/t23-,27+,28+,29+,30+,34+,35+,36+/m1/s1. The summed E-state index contributed by atoms with van der Waals surface area (Å²) < 4.78 is 0. The maximum Gasteiger partial charge on any atom is 0.305 e. The highest BCUT2D eigenvalue weighted by Gasteiger charge is 2.41. The molecule has 0 unspecified atom stereocenters. The van der Waals surface area contributed by atoms with E-state index in [4.69, 9.17) is 11.6 Å². The largest absolute Gasteiger partial charge is 0.481 e. The van der Waals surface area contributed by atoms with E-state index in [0.29, 0.717) is 22.8 Å². The van der Waals surface area contributed by atoms with Gasteiger partial charge in [0, 0.05) is 36.4 Å². The number of rotatable bonds is 26. The topological polar surface area (TPSA) is 376 Å². The second-order valence-electron chi connectivity index (χ2n) is 17.3. The molecule has 1 saturated heterocycles. The fourth-order valence-corrected chi connectivity index (χ4v) is 7.90. The van der Waals surface area contributed by atoms with Crippen LogP contribution in [0.3, 0.4) is 0 Å². The molecule has 1 aromatic carbocycles. The lowest BCUT2D eigenvalue weighted by molar-refractivity contribution is -0.144. The van der Waals surface area contributed by atoms with Crippen LogP contribution in [0, 0.1) is 11.8 Å².